The monoisotopic (exact) mass is 809 g/mol. The molecule has 6 aromatic rings. The Bertz CT molecular complexity index is 2090. The van der Waals surface area contributed by atoms with Crippen LogP contribution in [0.1, 0.15) is 13.8 Å². The summed E-state index contributed by atoms with van der Waals surface area (Å²) in [5.74, 6) is 0.579. The number of hydrogen-bond donors (Lipinski definition) is 1. The Balaban J connectivity index is 0.000000216. The van der Waals surface area contributed by atoms with Crippen LogP contribution >= 0.6 is 0 Å². The van der Waals surface area contributed by atoms with E-state index in [1.165, 1.54) is 28.5 Å². The molecule has 1 N–H and O–H groups in total. The van der Waals surface area contributed by atoms with E-state index in [1.807, 2.05) is 115 Å². The largest absolute Gasteiger partial charge is 0.522 e. The van der Waals surface area contributed by atoms with Crippen LogP contribution in [-0.4, -0.2) is 34.6 Å². The molecule has 0 amide bonds. The minimum atomic E-state index is -5.84. The number of carbonyl (C=O) groups excluding carboxylic acids is 2. The van der Waals surface area contributed by atoms with Crippen LogP contribution in [0.5, 0.6) is 11.5 Å². The van der Waals surface area contributed by atoms with Gasteiger partial charge in [0.15, 0.2) is 14.7 Å². The highest BCUT2D eigenvalue weighted by molar-refractivity contribution is 7.97. The summed E-state index contributed by atoms with van der Waals surface area (Å²) in [5.41, 5.74) is -5.53. The molecule has 0 aliphatic heterocycles. The number of rotatable bonds is 7. The third-order valence-corrected chi connectivity index (χ3v) is 10.7. The number of esters is 2. The van der Waals surface area contributed by atoms with Crippen molar-refractivity contribution < 1.29 is 49.4 Å². The van der Waals surface area contributed by atoms with E-state index in [9.17, 15) is 27.0 Å². The molecule has 0 aliphatic carbocycles. The second kappa shape index (κ2) is 22.0. The summed E-state index contributed by atoms with van der Waals surface area (Å²) in [5, 5.41) is 0. The minimum Gasteiger partial charge on any atom is -0.427 e. The van der Waals surface area contributed by atoms with E-state index in [0.717, 1.165) is 9.79 Å². The predicted molar refractivity (Wildman–Crippen MR) is 206 cm³/mol. The van der Waals surface area contributed by atoms with E-state index in [0.29, 0.717) is 11.5 Å². The number of halogens is 3. The van der Waals surface area contributed by atoms with Gasteiger partial charge in [-0.3, -0.25) is 14.1 Å². The molecule has 0 aliphatic rings. The summed E-state index contributed by atoms with van der Waals surface area (Å²) in [7, 11) is -7.06. The number of hydrogen-bond acceptors (Lipinski definition) is 7. The summed E-state index contributed by atoms with van der Waals surface area (Å²) >= 11 is 0. The van der Waals surface area contributed by atoms with Gasteiger partial charge < -0.3 is 9.47 Å². The van der Waals surface area contributed by atoms with Crippen LogP contribution in [0.25, 0.3) is 0 Å². The molecule has 0 spiro atoms. The van der Waals surface area contributed by atoms with Crippen LogP contribution in [0.15, 0.2) is 200 Å². The first kappa shape index (κ1) is 43.9. The Labute approximate surface area is 323 Å². The summed E-state index contributed by atoms with van der Waals surface area (Å²) in [6, 6.07) is 56.6. The van der Waals surface area contributed by atoms with Gasteiger partial charge in [0.05, 0.1) is 21.7 Å². The lowest BCUT2D eigenvalue weighted by Gasteiger charge is -2.08. The highest BCUT2D eigenvalue weighted by Gasteiger charge is 2.44. The highest BCUT2D eigenvalue weighted by Crippen LogP contribution is 2.32. The van der Waals surface area contributed by atoms with Crippen molar-refractivity contribution in [3.63, 3.8) is 0 Å². The summed E-state index contributed by atoms with van der Waals surface area (Å²) in [6.07, 6.45) is 0. The summed E-state index contributed by atoms with van der Waals surface area (Å²) in [4.78, 5) is 26.9. The molecule has 0 saturated carbocycles. The molecule has 0 saturated heterocycles. The molecule has 0 radical (unpaired) electrons. The van der Waals surface area contributed by atoms with Crippen LogP contribution in [0.4, 0.5) is 13.2 Å². The average molecular weight is 810 g/mol. The van der Waals surface area contributed by atoms with E-state index in [-0.39, 0.29) is 22.8 Å². The maximum atomic E-state index is 12.0. The number of carbonyl (C=O) groups is 2. The molecule has 55 heavy (non-hydrogen) atoms. The van der Waals surface area contributed by atoms with E-state index < -0.39 is 26.4 Å². The standard InChI is InChI=1S/C20H17O2S.C12H10OS.C8H8O2.CHF3O3S/c1-16(21)22-17-12-14-20(15-13-17)23(18-8-4-2-5-9-18)19-10-6-3-7-11-19;13-14(11-7-3-1-4-8-11)12-9-5-2-6-10-12;1-7(9)10-8-5-3-2-4-6-8;2-1(3,4)8(5,6)7/h2-15H,1H3;1-10H;2-6H,1H3;(H,5,6,7)/q+1;;;. The molecule has 6 rings (SSSR count). The van der Waals surface area contributed by atoms with Crippen LogP contribution in [0.3, 0.4) is 0 Å². The topological polar surface area (TPSA) is 124 Å². The summed E-state index contributed by atoms with van der Waals surface area (Å²) < 4.78 is 79.4. The van der Waals surface area contributed by atoms with E-state index in [2.05, 4.69) is 48.5 Å². The van der Waals surface area contributed by atoms with Gasteiger partial charge in [-0.2, -0.15) is 21.6 Å². The van der Waals surface area contributed by atoms with Crippen molar-refractivity contribution in [1.29, 1.82) is 0 Å². The Hall–Kier alpha value is -5.54. The van der Waals surface area contributed by atoms with Gasteiger partial charge in [0.2, 0.25) is 0 Å². The molecule has 286 valence electrons. The van der Waals surface area contributed by atoms with Gasteiger partial charge in [-0.25, -0.2) is 4.21 Å². The van der Waals surface area contributed by atoms with Crippen molar-refractivity contribution in [3.05, 3.63) is 176 Å². The van der Waals surface area contributed by atoms with Crippen LogP contribution < -0.4 is 9.47 Å². The molecule has 0 bridgehead atoms. The molecule has 0 fully saturated rings. The lowest BCUT2D eigenvalue weighted by molar-refractivity contribution is -0.132. The van der Waals surface area contributed by atoms with Gasteiger partial charge in [-0.15, -0.1) is 0 Å². The molecule has 0 atom stereocenters. The molecule has 0 unspecified atom stereocenters. The van der Waals surface area contributed by atoms with E-state index in [1.54, 1.807) is 12.1 Å². The first-order chi connectivity index (χ1) is 26.2. The van der Waals surface area contributed by atoms with Crippen LogP contribution in [0, 0.1) is 0 Å². The van der Waals surface area contributed by atoms with Crippen molar-refractivity contribution in [2.45, 2.75) is 43.8 Å². The van der Waals surface area contributed by atoms with Crippen LogP contribution in [-0.2, 0) is 41.4 Å². The molecular formula is C41H36F3O8S3+. The quantitative estimate of drug-likeness (QED) is 0.0556. The maximum absolute atomic E-state index is 12.0. The van der Waals surface area contributed by atoms with Gasteiger partial charge in [0.1, 0.15) is 11.5 Å². The van der Waals surface area contributed by atoms with Gasteiger partial charge >= 0.3 is 27.6 Å². The molecule has 6 aromatic carbocycles. The third-order valence-electron chi connectivity index (χ3n) is 6.49. The van der Waals surface area contributed by atoms with Crippen molar-refractivity contribution in [2.24, 2.45) is 0 Å². The van der Waals surface area contributed by atoms with Crippen molar-refractivity contribution in [2.75, 3.05) is 0 Å². The van der Waals surface area contributed by atoms with E-state index in [4.69, 9.17) is 22.4 Å². The lowest BCUT2D eigenvalue weighted by atomic mass is 10.3. The lowest BCUT2D eigenvalue weighted by Crippen LogP contribution is -2.21. The zero-order chi connectivity index (χ0) is 40.3. The van der Waals surface area contributed by atoms with Crippen molar-refractivity contribution in [3.8, 4) is 11.5 Å². The fourth-order valence-electron chi connectivity index (χ4n) is 4.21. The van der Waals surface area contributed by atoms with Gasteiger partial charge in [0, 0.05) is 23.6 Å². The van der Waals surface area contributed by atoms with Gasteiger partial charge in [-0.1, -0.05) is 91.0 Å². The fraction of sp³-hybridized carbons (Fsp3) is 0.0732. The van der Waals surface area contributed by atoms with Crippen molar-refractivity contribution in [1.82, 2.24) is 0 Å². The normalized spacial score (nSPS) is 10.7. The summed E-state index contributed by atoms with van der Waals surface area (Å²) in [6.45, 7) is 2.79. The smallest absolute Gasteiger partial charge is 0.427 e. The number of alkyl halides is 3. The minimum absolute atomic E-state index is 0.176. The number of ether oxygens (including phenoxy) is 2. The second-order valence-corrected chi connectivity index (χ2v) is 15.6. The maximum Gasteiger partial charge on any atom is 0.522 e. The Morgan fingerprint density at radius 1 is 0.527 bits per heavy atom. The molecule has 8 nitrogen and oxygen atoms in total. The van der Waals surface area contributed by atoms with E-state index >= 15 is 0 Å². The van der Waals surface area contributed by atoms with Crippen molar-refractivity contribution >= 4 is 43.8 Å². The molecule has 14 heteroatoms. The third kappa shape index (κ3) is 15.8. The Morgan fingerprint density at radius 2 is 0.800 bits per heavy atom. The molecular weight excluding hydrogens is 774 g/mol. The first-order valence-corrected chi connectivity index (χ1v) is 19.9. The molecule has 0 aromatic heterocycles. The van der Waals surface area contributed by atoms with Gasteiger partial charge in [-0.05, 0) is 84.9 Å². The number of benzene rings is 6. The fourth-order valence-corrected chi connectivity index (χ4v) is 7.37. The Kier molecular flexibility index (Phi) is 17.5. The highest BCUT2D eigenvalue weighted by atomic mass is 32.2. The first-order valence-electron chi connectivity index (χ1n) is 16.1. The zero-order valence-corrected chi connectivity index (χ0v) is 31.9. The average Bonchev–Trinajstić information content (AvgIpc) is 3.17. The molecule has 0 heterocycles. The zero-order valence-electron chi connectivity index (χ0n) is 29.4. The van der Waals surface area contributed by atoms with Gasteiger partial charge in [0.25, 0.3) is 0 Å². The number of para-hydroxylation sites is 1. The van der Waals surface area contributed by atoms with Crippen LogP contribution in [0.2, 0.25) is 0 Å². The second-order valence-electron chi connectivity index (χ2n) is 10.7. The predicted octanol–water partition coefficient (Wildman–Crippen LogP) is 9.57. The SMILES string of the molecule is CC(=O)Oc1ccc([S+](c2ccccc2)c2ccccc2)cc1.CC(=O)Oc1ccccc1.O=S(=O)(O)C(F)(F)F.O=S(c1ccccc1)c1ccccc1. The Morgan fingerprint density at radius 3 is 1.11 bits per heavy atom.